The van der Waals surface area contributed by atoms with Crippen molar-refractivity contribution < 1.29 is 14.3 Å². The highest BCUT2D eigenvalue weighted by atomic mass is 127. The van der Waals surface area contributed by atoms with E-state index >= 15 is 0 Å². The summed E-state index contributed by atoms with van der Waals surface area (Å²) in [6.07, 6.45) is 3.79. The van der Waals surface area contributed by atoms with Gasteiger partial charge < -0.3 is 25.4 Å². The van der Waals surface area contributed by atoms with Gasteiger partial charge in [-0.25, -0.2) is 4.79 Å². The van der Waals surface area contributed by atoms with Crippen LogP contribution >= 0.6 is 35.7 Å². The van der Waals surface area contributed by atoms with Crippen LogP contribution in [0, 0.1) is 0 Å². The Morgan fingerprint density at radius 2 is 1.78 bits per heavy atom. The van der Waals surface area contributed by atoms with Crippen LogP contribution in [0.15, 0.2) is 4.99 Å². The van der Waals surface area contributed by atoms with Crippen molar-refractivity contribution in [3.8, 4) is 0 Å². The number of hydrogen-bond donors (Lipinski definition) is 3. The molecule has 0 aromatic carbocycles. The molecule has 0 atom stereocenters. The zero-order chi connectivity index (χ0) is 19.8. The lowest BCUT2D eigenvalue weighted by Crippen LogP contribution is -2.55. The van der Waals surface area contributed by atoms with E-state index in [9.17, 15) is 4.79 Å². The van der Waals surface area contributed by atoms with E-state index in [0.29, 0.717) is 6.54 Å². The van der Waals surface area contributed by atoms with Gasteiger partial charge in [0, 0.05) is 38.1 Å². The Hall–Kier alpha value is -0.420. The zero-order valence-electron chi connectivity index (χ0n) is 17.7. The summed E-state index contributed by atoms with van der Waals surface area (Å²) in [7, 11) is 1.75. The summed E-state index contributed by atoms with van der Waals surface area (Å²) in [5.41, 5.74) is -0.989. The van der Waals surface area contributed by atoms with E-state index < -0.39 is 17.2 Å². The fourth-order valence-corrected chi connectivity index (χ4v) is 3.38. The third kappa shape index (κ3) is 10.6. The molecule has 1 rings (SSSR count). The van der Waals surface area contributed by atoms with E-state index in [4.69, 9.17) is 9.47 Å². The van der Waals surface area contributed by atoms with Crippen LogP contribution < -0.4 is 16.0 Å². The Balaban J connectivity index is 0.00000676. The Morgan fingerprint density at radius 3 is 2.26 bits per heavy atom. The topological polar surface area (TPSA) is 84.0 Å². The molecule has 160 valence electrons. The predicted octanol–water partition coefficient (Wildman–Crippen LogP) is 2.98. The summed E-state index contributed by atoms with van der Waals surface area (Å²) in [4.78, 5) is 16.3. The minimum absolute atomic E-state index is 0. The van der Waals surface area contributed by atoms with Crippen LogP contribution in [-0.2, 0) is 9.47 Å². The average Bonchev–Trinajstić information content (AvgIpc) is 2.53. The van der Waals surface area contributed by atoms with Gasteiger partial charge in [0.1, 0.15) is 5.60 Å². The minimum Gasteiger partial charge on any atom is -0.444 e. The van der Waals surface area contributed by atoms with E-state index in [-0.39, 0.29) is 28.7 Å². The van der Waals surface area contributed by atoms with Gasteiger partial charge in [0.15, 0.2) is 5.96 Å². The van der Waals surface area contributed by atoms with Crippen molar-refractivity contribution >= 4 is 47.8 Å². The molecule has 0 aromatic rings. The fraction of sp³-hybridized carbons (Fsp3) is 0.889. The van der Waals surface area contributed by atoms with Gasteiger partial charge in [-0.2, -0.15) is 11.8 Å². The standard InChI is InChI=1S/C18H36N4O3S.HI/c1-16(2,3)25-15(23)22-17(4,5)12-20-14(19-6)21-13-18(26-7)8-10-24-11-9-18;/h8-13H2,1-7H3,(H,22,23)(H2,19,20,21);1H. The summed E-state index contributed by atoms with van der Waals surface area (Å²) in [6, 6.07) is 0. The lowest BCUT2D eigenvalue weighted by Gasteiger charge is -2.36. The zero-order valence-corrected chi connectivity index (χ0v) is 20.9. The first-order chi connectivity index (χ1) is 12.0. The van der Waals surface area contributed by atoms with Crippen molar-refractivity contribution in [3.05, 3.63) is 0 Å². The van der Waals surface area contributed by atoms with Crippen molar-refractivity contribution in [1.29, 1.82) is 0 Å². The molecule has 1 fully saturated rings. The first-order valence-corrected chi connectivity index (χ1v) is 10.3. The SMILES string of the molecule is CN=C(NCC(C)(C)NC(=O)OC(C)(C)C)NCC1(SC)CCOCC1.I. The molecule has 1 amide bonds. The molecule has 1 aliphatic rings. The lowest BCUT2D eigenvalue weighted by molar-refractivity contribution is 0.0474. The number of hydrogen-bond acceptors (Lipinski definition) is 5. The largest absolute Gasteiger partial charge is 0.444 e. The summed E-state index contributed by atoms with van der Waals surface area (Å²) < 4.78 is 11.0. The van der Waals surface area contributed by atoms with Crippen LogP contribution in [0.3, 0.4) is 0 Å². The third-order valence-corrected chi connectivity index (χ3v) is 5.59. The van der Waals surface area contributed by atoms with Gasteiger partial charge in [-0.05, 0) is 53.7 Å². The molecule has 7 nitrogen and oxygen atoms in total. The fourth-order valence-electron chi connectivity index (χ4n) is 2.59. The predicted molar refractivity (Wildman–Crippen MR) is 125 cm³/mol. The van der Waals surface area contributed by atoms with E-state index in [1.165, 1.54) is 0 Å². The van der Waals surface area contributed by atoms with Crippen LogP contribution in [-0.4, -0.2) is 67.5 Å². The number of carbonyl (C=O) groups excluding carboxylic acids is 1. The second-order valence-electron chi connectivity index (χ2n) is 8.29. The van der Waals surface area contributed by atoms with Gasteiger partial charge in [0.25, 0.3) is 0 Å². The second kappa shape index (κ2) is 11.5. The van der Waals surface area contributed by atoms with E-state index in [1.54, 1.807) is 7.05 Å². The molecule has 3 N–H and O–H groups in total. The molecule has 1 aliphatic heterocycles. The maximum Gasteiger partial charge on any atom is 0.408 e. The quantitative estimate of drug-likeness (QED) is 0.286. The van der Waals surface area contributed by atoms with Crippen LogP contribution in [0.25, 0.3) is 0 Å². The van der Waals surface area contributed by atoms with Crippen molar-refractivity contribution in [3.63, 3.8) is 0 Å². The average molecular weight is 516 g/mol. The molecule has 9 heteroatoms. The Morgan fingerprint density at radius 1 is 1.19 bits per heavy atom. The molecule has 0 bridgehead atoms. The van der Waals surface area contributed by atoms with Gasteiger partial charge >= 0.3 is 6.09 Å². The van der Waals surface area contributed by atoms with E-state index in [0.717, 1.165) is 38.6 Å². The molecule has 0 radical (unpaired) electrons. The first-order valence-electron chi connectivity index (χ1n) is 9.09. The lowest BCUT2D eigenvalue weighted by atomic mass is 9.99. The molecule has 1 heterocycles. The van der Waals surface area contributed by atoms with Crippen molar-refractivity contribution in [1.82, 2.24) is 16.0 Å². The summed E-state index contributed by atoms with van der Waals surface area (Å²) in [5, 5.41) is 9.59. The third-order valence-electron chi connectivity index (χ3n) is 4.18. The minimum atomic E-state index is -0.513. The first kappa shape index (κ1) is 26.6. The number of halogens is 1. The highest BCUT2D eigenvalue weighted by Gasteiger charge is 2.32. The number of carbonyl (C=O) groups is 1. The van der Waals surface area contributed by atoms with Gasteiger partial charge in [-0.3, -0.25) is 4.99 Å². The van der Waals surface area contributed by atoms with Crippen LogP contribution in [0.5, 0.6) is 0 Å². The molecule has 0 saturated carbocycles. The maximum atomic E-state index is 12.0. The molecule has 0 unspecified atom stereocenters. The summed E-state index contributed by atoms with van der Waals surface area (Å²) in [5.74, 6) is 0.726. The number of ether oxygens (including phenoxy) is 2. The highest BCUT2D eigenvalue weighted by molar-refractivity contribution is 14.0. The second-order valence-corrected chi connectivity index (χ2v) is 9.56. The molecule has 0 spiro atoms. The number of aliphatic imine (C=N–C) groups is 1. The van der Waals surface area contributed by atoms with Gasteiger partial charge in [-0.15, -0.1) is 24.0 Å². The van der Waals surface area contributed by atoms with Gasteiger partial charge in [0.2, 0.25) is 0 Å². The van der Waals surface area contributed by atoms with Gasteiger partial charge in [-0.1, -0.05) is 0 Å². The Bertz CT molecular complexity index is 489. The van der Waals surface area contributed by atoms with Crippen LogP contribution in [0.1, 0.15) is 47.5 Å². The molecular formula is C18H37IN4O3S. The maximum absolute atomic E-state index is 12.0. The van der Waals surface area contributed by atoms with E-state index in [1.807, 2.05) is 46.4 Å². The highest BCUT2D eigenvalue weighted by Crippen LogP contribution is 2.32. The number of rotatable bonds is 6. The number of amides is 1. The Kier molecular flexibility index (Phi) is 11.4. The molecule has 0 aliphatic carbocycles. The molecular weight excluding hydrogens is 479 g/mol. The number of guanidine groups is 1. The summed E-state index contributed by atoms with van der Waals surface area (Å²) >= 11 is 1.88. The number of nitrogens with zero attached hydrogens (tertiary/aromatic N) is 1. The number of thioether (sulfide) groups is 1. The van der Waals surface area contributed by atoms with Crippen molar-refractivity contribution in [2.45, 2.75) is 63.3 Å². The number of nitrogens with one attached hydrogen (secondary N) is 3. The smallest absolute Gasteiger partial charge is 0.408 e. The van der Waals surface area contributed by atoms with Crippen molar-refractivity contribution in [2.75, 3.05) is 39.6 Å². The van der Waals surface area contributed by atoms with Crippen LogP contribution in [0.4, 0.5) is 4.79 Å². The molecule has 0 aromatic heterocycles. The molecule has 1 saturated heterocycles. The normalized spacial score (nSPS) is 17.5. The Labute approximate surface area is 185 Å². The van der Waals surface area contributed by atoms with E-state index in [2.05, 4.69) is 27.2 Å². The summed E-state index contributed by atoms with van der Waals surface area (Å²) in [6.45, 7) is 12.4. The van der Waals surface area contributed by atoms with Gasteiger partial charge in [0.05, 0.1) is 5.54 Å². The monoisotopic (exact) mass is 516 g/mol. The number of alkyl carbamates (subject to hydrolysis) is 1. The molecule has 27 heavy (non-hydrogen) atoms. The van der Waals surface area contributed by atoms with Crippen LogP contribution in [0.2, 0.25) is 0 Å². The van der Waals surface area contributed by atoms with Crippen molar-refractivity contribution in [2.24, 2.45) is 4.99 Å².